The minimum atomic E-state index is -4.67. The summed E-state index contributed by atoms with van der Waals surface area (Å²) in [4.78, 5) is 0. The molecule has 1 aliphatic carbocycles. The molecule has 1 N–H and O–H groups in total. The number of hydrogen-bond donors (Lipinski definition) is 1. The Bertz CT molecular complexity index is 428. The zero-order valence-corrected chi connectivity index (χ0v) is 11.4. The lowest BCUT2D eigenvalue weighted by atomic mass is 9.94. The molecule has 112 valence electrons. The molecule has 1 aromatic rings. The SMILES string of the molecule is CC1CCC(C(O)Cc2ccc(OC(F)(F)F)cc2)C1. The summed E-state index contributed by atoms with van der Waals surface area (Å²) in [5.41, 5.74) is 0.826. The molecular weight excluding hydrogens is 269 g/mol. The summed E-state index contributed by atoms with van der Waals surface area (Å²) >= 11 is 0. The third-order valence-corrected chi connectivity index (χ3v) is 3.88. The Labute approximate surface area is 116 Å². The summed E-state index contributed by atoms with van der Waals surface area (Å²) in [7, 11) is 0. The number of rotatable bonds is 4. The number of halogens is 3. The van der Waals surface area contributed by atoms with Crippen molar-refractivity contribution >= 4 is 0 Å². The van der Waals surface area contributed by atoms with Gasteiger partial charge in [0.2, 0.25) is 0 Å². The predicted octanol–water partition coefficient (Wildman–Crippen LogP) is 3.92. The van der Waals surface area contributed by atoms with Gasteiger partial charge in [-0.25, -0.2) is 0 Å². The van der Waals surface area contributed by atoms with Crippen molar-refractivity contribution in [2.45, 2.75) is 45.1 Å². The summed E-state index contributed by atoms with van der Waals surface area (Å²) in [5.74, 6) is 0.721. The average Bonchev–Trinajstić information content (AvgIpc) is 2.77. The quantitative estimate of drug-likeness (QED) is 0.909. The Morgan fingerprint density at radius 1 is 1.25 bits per heavy atom. The minimum absolute atomic E-state index is 0.231. The van der Waals surface area contributed by atoms with Crippen molar-refractivity contribution in [2.75, 3.05) is 0 Å². The van der Waals surface area contributed by atoms with E-state index in [4.69, 9.17) is 0 Å². The van der Waals surface area contributed by atoms with E-state index in [1.807, 2.05) is 0 Å². The monoisotopic (exact) mass is 288 g/mol. The molecule has 0 aromatic heterocycles. The van der Waals surface area contributed by atoms with Crippen LogP contribution in [0, 0.1) is 11.8 Å². The van der Waals surface area contributed by atoms with Gasteiger partial charge in [-0.15, -0.1) is 13.2 Å². The lowest BCUT2D eigenvalue weighted by molar-refractivity contribution is -0.274. The van der Waals surface area contributed by atoms with E-state index < -0.39 is 12.5 Å². The Morgan fingerprint density at radius 2 is 1.90 bits per heavy atom. The van der Waals surface area contributed by atoms with E-state index in [-0.39, 0.29) is 5.75 Å². The first-order valence-corrected chi connectivity index (χ1v) is 6.86. The highest BCUT2D eigenvalue weighted by Crippen LogP contribution is 2.33. The van der Waals surface area contributed by atoms with E-state index in [0.717, 1.165) is 24.8 Å². The molecule has 0 heterocycles. The summed E-state index contributed by atoms with van der Waals surface area (Å²) in [6.45, 7) is 2.18. The maximum atomic E-state index is 12.0. The normalized spacial score (nSPS) is 24.6. The molecule has 1 fully saturated rings. The van der Waals surface area contributed by atoms with Crippen LogP contribution >= 0.6 is 0 Å². The van der Waals surface area contributed by atoms with Gasteiger partial charge in [-0.05, 0) is 48.8 Å². The minimum Gasteiger partial charge on any atom is -0.406 e. The standard InChI is InChI=1S/C15H19F3O2/c1-10-2-5-12(8-10)14(19)9-11-3-6-13(7-4-11)20-15(16,17)18/h3-4,6-7,10,12,14,19H,2,5,8-9H2,1H3. The van der Waals surface area contributed by atoms with Gasteiger partial charge < -0.3 is 9.84 Å². The molecule has 0 saturated heterocycles. The van der Waals surface area contributed by atoms with Crippen LogP contribution in [0.25, 0.3) is 0 Å². The van der Waals surface area contributed by atoms with Crippen molar-refractivity contribution in [1.82, 2.24) is 0 Å². The topological polar surface area (TPSA) is 29.5 Å². The third kappa shape index (κ3) is 4.40. The van der Waals surface area contributed by atoms with Crippen LogP contribution in [0.1, 0.15) is 31.7 Å². The molecule has 1 aliphatic rings. The number of aliphatic hydroxyl groups is 1. The van der Waals surface area contributed by atoms with Crippen LogP contribution in [0.3, 0.4) is 0 Å². The highest BCUT2D eigenvalue weighted by Gasteiger charge is 2.31. The average molecular weight is 288 g/mol. The van der Waals surface area contributed by atoms with Crippen LogP contribution in [0.4, 0.5) is 13.2 Å². The van der Waals surface area contributed by atoms with E-state index in [1.54, 1.807) is 12.1 Å². The number of hydrogen-bond acceptors (Lipinski definition) is 2. The molecule has 0 bridgehead atoms. The Kier molecular flexibility index (Phi) is 4.58. The zero-order chi connectivity index (χ0) is 14.8. The fourth-order valence-corrected chi connectivity index (χ4v) is 2.84. The predicted molar refractivity (Wildman–Crippen MR) is 69.3 cm³/mol. The van der Waals surface area contributed by atoms with Crippen LogP contribution in [-0.2, 0) is 6.42 Å². The molecule has 3 unspecified atom stereocenters. The maximum absolute atomic E-state index is 12.0. The van der Waals surface area contributed by atoms with Gasteiger partial charge in [0.1, 0.15) is 5.75 Å². The summed E-state index contributed by atoms with van der Waals surface area (Å²) < 4.78 is 39.9. The number of ether oxygens (including phenoxy) is 1. The van der Waals surface area contributed by atoms with Crippen LogP contribution in [0.5, 0.6) is 5.75 Å². The summed E-state index contributed by atoms with van der Waals surface area (Å²) in [6.07, 6.45) is -1.42. The largest absolute Gasteiger partial charge is 0.573 e. The highest BCUT2D eigenvalue weighted by atomic mass is 19.4. The van der Waals surface area contributed by atoms with E-state index in [9.17, 15) is 18.3 Å². The third-order valence-electron chi connectivity index (χ3n) is 3.88. The molecule has 2 nitrogen and oxygen atoms in total. The second-order valence-electron chi connectivity index (χ2n) is 5.64. The van der Waals surface area contributed by atoms with Crippen molar-refractivity contribution in [3.63, 3.8) is 0 Å². The van der Waals surface area contributed by atoms with E-state index in [1.165, 1.54) is 12.1 Å². The molecule has 0 aliphatic heterocycles. The first-order chi connectivity index (χ1) is 9.33. The van der Waals surface area contributed by atoms with Gasteiger partial charge in [0.05, 0.1) is 6.10 Å². The molecule has 0 amide bonds. The van der Waals surface area contributed by atoms with E-state index in [2.05, 4.69) is 11.7 Å². The molecule has 1 saturated carbocycles. The van der Waals surface area contributed by atoms with Crippen LogP contribution in [0.15, 0.2) is 24.3 Å². The van der Waals surface area contributed by atoms with Gasteiger partial charge in [-0.2, -0.15) is 0 Å². The van der Waals surface area contributed by atoms with Crippen molar-refractivity contribution in [3.8, 4) is 5.75 Å². The fraction of sp³-hybridized carbons (Fsp3) is 0.600. The van der Waals surface area contributed by atoms with E-state index in [0.29, 0.717) is 18.3 Å². The molecule has 3 atom stereocenters. The smallest absolute Gasteiger partial charge is 0.406 e. The first kappa shape index (κ1) is 15.2. The summed E-state index contributed by atoms with van der Waals surface area (Å²) in [5, 5.41) is 10.2. The molecule has 2 rings (SSSR count). The molecule has 0 spiro atoms. The van der Waals surface area contributed by atoms with Gasteiger partial charge >= 0.3 is 6.36 Å². The number of alkyl halides is 3. The van der Waals surface area contributed by atoms with Crippen molar-refractivity contribution in [3.05, 3.63) is 29.8 Å². The number of aliphatic hydroxyl groups excluding tert-OH is 1. The Morgan fingerprint density at radius 3 is 2.40 bits per heavy atom. The van der Waals surface area contributed by atoms with Gasteiger partial charge in [-0.3, -0.25) is 0 Å². The van der Waals surface area contributed by atoms with Crippen LogP contribution in [0.2, 0.25) is 0 Å². The fourth-order valence-electron chi connectivity index (χ4n) is 2.84. The van der Waals surface area contributed by atoms with Gasteiger partial charge in [0.15, 0.2) is 0 Å². The van der Waals surface area contributed by atoms with Crippen LogP contribution < -0.4 is 4.74 Å². The van der Waals surface area contributed by atoms with Crippen LogP contribution in [-0.4, -0.2) is 17.6 Å². The second-order valence-corrected chi connectivity index (χ2v) is 5.64. The maximum Gasteiger partial charge on any atom is 0.573 e. The lowest BCUT2D eigenvalue weighted by Crippen LogP contribution is -2.20. The second kappa shape index (κ2) is 6.04. The van der Waals surface area contributed by atoms with Gasteiger partial charge in [0, 0.05) is 0 Å². The lowest BCUT2D eigenvalue weighted by Gasteiger charge is -2.18. The van der Waals surface area contributed by atoms with Crippen molar-refractivity contribution in [1.29, 1.82) is 0 Å². The summed E-state index contributed by atoms with van der Waals surface area (Å²) in [6, 6.07) is 5.71. The Hall–Kier alpha value is -1.23. The van der Waals surface area contributed by atoms with Crippen molar-refractivity contribution < 1.29 is 23.0 Å². The molecule has 0 radical (unpaired) electrons. The van der Waals surface area contributed by atoms with Gasteiger partial charge in [0.25, 0.3) is 0 Å². The molecular formula is C15H19F3O2. The molecule has 5 heteroatoms. The molecule has 1 aromatic carbocycles. The first-order valence-electron chi connectivity index (χ1n) is 6.86. The number of benzene rings is 1. The molecule has 20 heavy (non-hydrogen) atoms. The Balaban J connectivity index is 1.90. The zero-order valence-electron chi connectivity index (χ0n) is 11.4. The van der Waals surface area contributed by atoms with Gasteiger partial charge in [-0.1, -0.05) is 25.5 Å². The van der Waals surface area contributed by atoms with Crippen molar-refractivity contribution in [2.24, 2.45) is 11.8 Å². The van der Waals surface area contributed by atoms with E-state index >= 15 is 0 Å². The highest BCUT2D eigenvalue weighted by molar-refractivity contribution is 5.27.